The monoisotopic (exact) mass is 490 g/mol. The maximum Gasteiger partial charge on any atom is 0.289 e. The number of carbonyl (C=O) groups is 1. The Morgan fingerprint density at radius 3 is 2.66 bits per heavy atom. The fourth-order valence-electron chi connectivity index (χ4n) is 2.90. The molecule has 7 nitrogen and oxygen atoms in total. The van der Waals surface area contributed by atoms with Gasteiger partial charge in [0.2, 0.25) is 0 Å². The standard InChI is InChI=1S/C24H19BrN4O3/c25-19-8-11-23(30)18(12-19)14-26-29-24(31)22-13-21(27-28-22)17-6-9-20(10-7-17)32-15-16-4-2-1-3-5-16/h1-14,30H,15H2,(H,27,28)(H,29,31)/b26-14-. The molecule has 0 radical (unpaired) electrons. The van der Waals surface area contributed by atoms with Gasteiger partial charge < -0.3 is 9.84 Å². The molecule has 0 aliphatic carbocycles. The molecule has 1 aromatic heterocycles. The minimum absolute atomic E-state index is 0.0613. The van der Waals surface area contributed by atoms with E-state index in [9.17, 15) is 9.90 Å². The molecule has 1 amide bonds. The van der Waals surface area contributed by atoms with Crippen molar-refractivity contribution in [3.05, 3.63) is 100 Å². The van der Waals surface area contributed by atoms with Crippen LogP contribution in [0.25, 0.3) is 11.3 Å². The Balaban J connectivity index is 1.36. The summed E-state index contributed by atoms with van der Waals surface area (Å²) >= 11 is 3.32. The van der Waals surface area contributed by atoms with Crippen molar-refractivity contribution in [2.75, 3.05) is 0 Å². The largest absolute Gasteiger partial charge is 0.507 e. The summed E-state index contributed by atoms with van der Waals surface area (Å²) in [5.41, 5.74) is 5.71. The Labute approximate surface area is 192 Å². The lowest BCUT2D eigenvalue weighted by atomic mass is 10.1. The first kappa shape index (κ1) is 21.3. The van der Waals surface area contributed by atoms with Gasteiger partial charge in [-0.3, -0.25) is 9.89 Å². The number of hydrogen-bond acceptors (Lipinski definition) is 5. The molecule has 0 aliphatic rings. The SMILES string of the molecule is O=C(N/N=C\c1cc(Br)ccc1O)c1cc(-c2ccc(OCc3ccccc3)cc2)n[nH]1. The van der Waals surface area contributed by atoms with Crippen molar-refractivity contribution in [3.8, 4) is 22.8 Å². The molecule has 1 heterocycles. The summed E-state index contributed by atoms with van der Waals surface area (Å²) in [5, 5.41) is 20.6. The molecule has 0 spiro atoms. The van der Waals surface area contributed by atoms with E-state index in [2.05, 4.69) is 36.7 Å². The maximum atomic E-state index is 12.3. The molecule has 4 rings (SSSR count). The number of rotatable bonds is 7. The van der Waals surface area contributed by atoms with E-state index in [0.717, 1.165) is 21.3 Å². The number of hydrogen-bond donors (Lipinski definition) is 3. The van der Waals surface area contributed by atoms with Crippen molar-refractivity contribution in [2.45, 2.75) is 6.61 Å². The van der Waals surface area contributed by atoms with Gasteiger partial charge in [-0.05, 0) is 54.1 Å². The molecule has 160 valence electrons. The van der Waals surface area contributed by atoms with Crippen molar-refractivity contribution < 1.29 is 14.6 Å². The second kappa shape index (κ2) is 9.93. The summed E-state index contributed by atoms with van der Waals surface area (Å²) < 4.78 is 6.58. The predicted octanol–water partition coefficient (Wildman–Crippen LogP) is 4.89. The number of phenols is 1. The van der Waals surface area contributed by atoms with E-state index in [-0.39, 0.29) is 11.4 Å². The minimum atomic E-state index is -0.447. The van der Waals surface area contributed by atoms with Crippen LogP contribution in [0.4, 0.5) is 0 Å². The van der Waals surface area contributed by atoms with Crippen molar-refractivity contribution >= 4 is 28.1 Å². The third kappa shape index (κ3) is 5.41. The fourth-order valence-corrected chi connectivity index (χ4v) is 3.28. The molecule has 3 N–H and O–H groups in total. The number of benzene rings is 3. The van der Waals surface area contributed by atoms with Crippen LogP contribution in [-0.4, -0.2) is 27.4 Å². The topological polar surface area (TPSA) is 99.6 Å². The Morgan fingerprint density at radius 2 is 1.88 bits per heavy atom. The van der Waals surface area contributed by atoms with Crippen molar-refractivity contribution in [1.29, 1.82) is 0 Å². The van der Waals surface area contributed by atoms with Crippen LogP contribution < -0.4 is 10.2 Å². The summed E-state index contributed by atoms with van der Waals surface area (Å²) in [7, 11) is 0. The van der Waals surface area contributed by atoms with Gasteiger partial charge in [0.1, 0.15) is 23.8 Å². The lowest BCUT2D eigenvalue weighted by Crippen LogP contribution is -2.18. The summed E-state index contributed by atoms with van der Waals surface area (Å²) in [4.78, 5) is 12.3. The van der Waals surface area contributed by atoms with Gasteiger partial charge >= 0.3 is 0 Å². The third-order valence-corrected chi connectivity index (χ3v) is 5.07. The number of nitrogens with one attached hydrogen (secondary N) is 2. The van der Waals surface area contributed by atoms with Gasteiger partial charge in [-0.2, -0.15) is 10.2 Å². The Bertz CT molecular complexity index is 1240. The molecule has 8 heteroatoms. The van der Waals surface area contributed by atoms with Crippen molar-refractivity contribution in [3.63, 3.8) is 0 Å². The predicted molar refractivity (Wildman–Crippen MR) is 126 cm³/mol. The van der Waals surface area contributed by atoms with Gasteiger partial charge in [-0.1, -0.05) is 46.3 Å². The van der Waals surface area contributed by atoms with Crippen LogP contribution >= 0.6 is 15.9 Å². The lowest BCUT2D eigenvalue weighted by Gasteiger charge is -2.06. The average molecular weight is 491 g/mol. The number of halogens is 1. The molecule has 0 bridgehead atoms. The number of aromatic hydroxyl groups is 1. The Morgan fingerprint density at radius 1 is 1.09 bits per heavy atom. The molecule has 0 saturated carbocycles. The zero-order valence-electron chi connectivity index (χ0n) is 16.8. The molecule has 3 aromatic carbocycles. The van der Waals surface area contributed by atoms with E-state index in [1.165, 1.54) is 12.3 Å². The number of aromatic nitrogens is 2. The number of H-pyrrole nitrogens is 1. The third-order valence-electron chi connectivity index (χ3n) is 4.58. The van der Waals surface area contributed by atoms with E-state index >= 15 is 0 Å². The second-order valence-electron chi connectivity index (χ2n) is 6.87. The van der Waals surface area contributed by atoms with Crippen LogP contribution in [0.3, 0.4) is 0 Å². The highest BCUT2D eigenvalue weighted by atomic mass is 79.9. The molecule has 4 aromatic rings. The highest BCUT2D eigenvalue weighted by Crippen LogP contribution is 2.22. The lowest BCUT2D eigenvalue weighted by molar-refractivity contribution is 0.0950. The number of aromatic amines is 1. The highest BCUT2D eigenvalue weighted by Gasteiger charge is 2.11. The smallest absolute Gasteiger partial charge is 0.289 e. The van der Waals surface area contributed by atoms with Gasteiger partial charge in [0.25, 0.3) is 5.91 Å². The van der Waals surface area contributed by atoms with Crippen molar-refractivity contribution in [2.24, 2.45) is 5.10 Å². The molecular weight excluding hydrogens is 472 g/mol. The second-order valence-corrected chi connectivity index (χ2v) is 7.78. The summed E-state index contributed by atoms with van der Waals surface area (Å²) in [5.74, 6) is 0.361. The fraction of sp³-hybridized carbons (Fsp3) is 0.0417. The first-order valence-corrected chi connectivity index (χ1v) is 10.5. The quantitative estimate of drug-likeness (QED) is 0.253. The van der Waals surface area contributed by atoms with Gasteiger partial charge in [-0.15, -0.1) is 0 Å². The number of ether oxygens (including phenoxy) is 1. The van der Waals surface area contributed by atoms with Crippen LogP contribution in [-0.2, 0) is 6.61 Å². The molecular formula is C24H19BrN4O3. The normalized spacial score (nSPS) is 10.9. The average Bonchev–Trinajstić information content (AvgIpc) is 3.31. The van der Waals surface area contributed by atoms with E-state index < -0.39 is 5.91 Å². The van der Waals surface area contributed by atoms with Gasteiger partial charge in [-0.25, -0.2) is 5.43 Å². The number of nitrogens with zero attached hydrogens (tertiary/aromatic N) is 2. The molecule has 0 unspecified atom stereocenters. The summed E-state index contributed by atoms with van der Waals surface area (Å²) in [6, 6.07) is 24.0. The van der Waals surface area contributed by atoms with Crippen molar-refractivity contribution in [1.82, 2.24) is 15.6 Å². The summed E-state index contributed by atoms with van der Waals surface area (Å²) in [6.45, 7) is 0.491. The minimum Gasteiger partial charge on any atom is -0.507 e. The van der Waals surface area contributed by atoms with E-state index in [4.69, 9.17) is 4.74 Å². The van der Waals surface area contributed by atoms with Crippen LogP contribution in [0.5, 0.6) is 11.5 Å². The Kier molecular flexibility index (Phi) is 6.62. The summed E-state index contributed by atoms with van der Waals surface area (Å²) in [6.07, 6.45) is 1.36. The molecule has 0 fully saturated rings. The number of amides is 1. The number of phenolic OH excluding ortho intramolecular Hbond substituents is 1. The maximum absolute atomic E-state index is 12.3. The first-order valence-electron chi connectivity index (χ1n) is 9.73. The number of carbonyl (C=O) groups excluding carboxylic acids is 1. The highest BCUT2D eigenvalue weighted by molar-refractivity contribution is 9.10. The van der Waals surface area contributed by atoms with E-state index in [1.54, 1.807) is 18.2 Å². The van der Waals surface area contributed by atoms with Crippen LogP contribution in [0, 0.1) is 0 Å². The Hall–Kier alpha value is -3.91. The molecule has 0 saturated heterocycles. The molecule has 0 aliphatic heterocycles. The van der Waals surface area contributed by atoms with Gasteiger partial charge in [0, 0.05) is 15.6 Å². The van der Waals surface area contributed by atoms with E-state index in [0.29, 0.717) is 17.9 Å². The van der Waals surface area contributed by atoms with Crippen LogP contribution in [0.2, 0.25) is 0 Å². The molecule has 32 heavy (non-hydrogen) atoms. The zero-order valence-corrected chi connectivity index (χ0v) is 18.4. The zero-order chi connectivity index (χ0) is 22.3. The molecule has 0 atom stereocenters. The van der Waals surface area contributed by atoms with E-state index in [1.807, 2.05) is 54.6 Å². The van der Waals surface area contributed by atoms with Crippen LogP contribution in [0.15, 0.2) is 88.4 Å². The van der Waals surface area contributed by atoms with Gasteiger partial charge in [0.15, 0.2) is 0 Å². The number of hydrazone groups is 1. The first-order chi connectivity index (χ1) is 15.6. The van der Waals surface area contributed by atoms with Crippen LogP contribution in [0.1, 0.15) is 21.6 Å². The van der Waals surface area contributed by atoms with Gasteiger partial charge in [0.05, 0.1) is 11.9 Å².